The zero-order valence-corrected chi connectivity index (χ0v) is 11.2. The summed E-state index contributed by atoms with van der Waals surface area (Å²) < 4.78 is 5.10. The number of carboxylic acid groups (broad SMARTS) is 1. The van der Waals surface area contributed by atoms with Crippen molar-refractivity contribution >= 4 is 11.9 Å². The highest BCUT2D eigenvalue weighted by Crippen LogP contribution is 2.13. The van der Waals surface area contributed by atoms with Crippen molar-refractivity contribution in [3.05, 3.63) is 17.5 Å². The van der Waals surface area contributed by atoms with E-state index in [4.69, 9.17) is 9.84 Å². The lowest BCUT2D eigenvalue weighted by Gasteiger charge is -2.27. The van der Waals surface area contributed by atoms with Gasteiger partial charge in [0.2, 0.25) is 5.95 Å². The molecule has 1 N–H and O–H groups in total. The highest BCUT2D eigenvalue weighted by molar-refractivity contribution is 5.85. The molecular weight excluding hydrogens is 234 g/mol. The predicted octanol–water partition coefficient (Wildman–Crippen LogP) is 1.34. The van der Waals surface area contributed by atoms with Crippen LogP contribution in [0.3, 0.4) is 0 Å². The molecule has 1 unspecified atom stereocenters. The molecule has 0 amide bonds. The molecule has 1 atom stereocenters. The molecule has 18 heavy (non-hydrogen) atoms. The number of aromatic carboxylic acids is 1. The summed E-state index contributed by atoms with van der Waals surface area (Å²) in [5.41, 5.74) is 0.654. The minimum Gasteiger partial charge on any atom is -0.477 e. The molecule has 1 heterocycles. The van der Waals surface area contributed by atoms with Crippen molar-refractivity contribution in [1.82, 2.24) is 9.97 Å². The van der Waals surface area contributed by atoms with E-state index < -0.39 is 5.97 Å². The van der Waals surface area contributed by atoms with Gasteiger partial charge in [0.25, 0.3) is 0 Å². The van der Waals surface area contributed by atoms with Crippen LogP contribution in [0.5, 0.6) is 0 Å². The predicted molar refractivity (Wildman–Crippen MR) is 68.1 cm³/mol. The van der Waals surface area contributed by atoms with E-state index in [1.165, 1.54) is 6.07 Å². The largest absolute Gasteiger partial charge is 0.477 e. The van der Waals surface area contributed by atoms with E-state index in [0.717, 1.165) is 0 Å². The Morgan fingerprint density at radius 2 is 2.22 bits per heavy atom. The molecule has 1 rings (SSSR count). The fourth-order valence-corrected chi connectivity index (χ4v) is 1.77. The van der Waals surface area contributed by atoms with Crippen molar-refractivity contribution in [1.29, 1.82) is 0 Å². The standard InChI is InChI=1S/C12H19N3O3/c1-5-15(9(3)7-18-4)12-13-8(2)6-10(14-12)11(16)17/h6,9H,5,7H2,1-4H3,(H,16,17). The summed E-state index contributed by atoms with van der Waals surface area (Å²) in [6.07, 6.45) is 0. The maximum absolute atomic E-state index is 11.0. The number of carboxylic acids is 1. The number of ether oxygens (including phenoxy) is 1. The molecule has 0 saturated carbocycles. The SMILES string of the molecule is CCN(c1nc(C)cc(C(=O)O)n1)C(C)COC. The molecule has 1 aromatic rings. The number of aromatic nitrogens is 2. The van der Waals surface area contributed by atoms with Crippen LogP contribution in [-0.2, 0) is 4.74 Å². The van der Waals surface area contributed by atoms with Crippen LogP contribution in [0, 0.1) is 6.92 Å². The zero-order valence-electron chi connectivity index (χ0n) is 11.2. The molecule has 0 aliphatic carbocycles. The van der Waals surface area contributed by atoms with Crippen LogP contribution in [0.4, 0.5) is 5.95 Å². The van der Waals surface area contributed by atoms with Crippen molar-refractivity contribution in [2.24, 2.45) is 0 Å². The molecule has 0 fully saturated rings. The first-order chi connectivity index (χ1) is 8.49. The number of aryl methyl sites for hydroxylation is 1. The summed E-state index contributed by atoms with van der Waals surface area (Å²) in [4.78, 5) is 21.3. The van der Waals surface area contributed by atoms with Gasteiger partial charge in [0, 0.05) is 19.3 Å². The smallest absolute Gasteiger partial charge is 0.354 e. The first-order valence-corrected chi connectivity index (χ1v) is 5.84. The molecule has 6 heteroatoms. The summed E-state index contributed by atoms with van der Waals surface area (Å²) in [6.45, 7) is 6.93. The van der Waals surface area contributed by atoms with Gasteiger partial charge in [0.15, 0.2) is 5.69 Å². The third kappa shape index (κ3) is 3.40. The normalized spacial score (nSPS) is 12.2. The van der Waals surface area contributed by atoms with Crippen molar-refractivity contribution < 1.29 is 14.6 Å². The molecule has 0 saturated heterocycles. The molecular formula is C12H19N3O3. The van der Waals surface area contributed by atoms with Crippen LogP contribution in [0.2, 0.25) is 0 Å². The van der Waals surface area contributed by atoms with E-state index in [1.54, 1.807) is 14.0 Å². The quantitative estimate of drug-likeness (QED) is 0.824. The van der Waals surface area contributed by atoms with Gasteiger partial charge >= 0.3 is 5.97 Å². The number of hydrogen-bond acceptors (Lipinski definition) is 5. The highest BCUT2D eigenvalue weighted by atomic mass is 16.5. The van der Waals surface area contributed by atoms with Crippen molar-refractivity contribution in [2.45, 2.75) is 26.8 Å². The summed E-state index contributed by atoms with van der Waals surface area (Å²) >= 11 is 0. The van der Waals surface area contributed by atoms with Crippen LogP contribution >= 0.6 is 0 Å². The topological polar surface area (TPSA) is 75.6 Å². The molecule has 0 spiro atoms. The monoisotopic (exact) mass is 253 g/mol. The van der Waals surface area contributed by atoms with E-state index in [-0.39, 0.29) is 11.7 Å². The number of carbonyl (C=O) groups is 1. The molecule has 6 nitrogen and oxygen atoms in total. The molecule has 0 aliphatic heterocycles. The van der Waals surface area contributed by atoms with Crippen LogP contribution < -0.4 is 4.90 Å². The van der Waals surface area contributed by atoms with Gasteiger partial charge < -0.3 is 14.7 Å². The molecule has 1 aromatic heterocycles. The van der Waals surface area contributed by atoms with Crippen molar-refractivity contribution in [3.8, 4) is 0 Å². The maximum atomic E-state index is 11.0. The van der Waals surface area contributed by atoms with E-state index >= 15 is 0 Å². The fraction of sp³-hybridized carbons (Fsp3) is 0.583. The average Bonchev–Trinajstić information content (AvgIpc) is 2.29. The van der Waals surface area contributed by atoms with Gasteiger partial charge in [-0.25, -0.2) is 14.8 Å². The van der Waals surface area contributed by atoms with Crippen LogP contribution in [0.15, 0.2) is 6.07 Å². The van der Waals surface area contributed by atoms with E-state index in [2.05, 4.69) is 9.97 Å². The van der Waals surface area contributed by atoms with E-state index in [0.29, 0.717) is 24.8 Å². The first-order valence-electron chi connectivity index (χ1n) is 5.84. The Morgan fingerprint density at radius 1 is 1.56 bits per heavy atom. The van der Waals surface area contributed by atoms with Crippen LogP contribution in [0.25, 0.3) is 0 Å². The lowest BCUT2D eigenvalue weighted by molar-refractivity contribution is 0.0690. The average molecular weight is 253 g/mol. The zero-order chi connectivity index (χ0) is 13.7. The Bertz CT molecular complexity index is 423. The Labute approximate surface area is 107 Å². The molecule has 0 bridgehead atoms. The van der Waals surface area contributed by atoms with Gasteiger partial charge in [-0.3, -0.25) is 0 Å². The fourth-order valence-electron chi connectivity index (χ4n) is 1.77. The Kier molecular flexibility index (Phi) is 5.03. The van der Waals surface area contributed by atoms with Gasteiger partial charge in [-0.2, -0.15) is 0 Å². The molecule has 0 aliphatic rings. The third-order valence-electron chi connectivity index (χ3n) is 2.60. The molecule has 100 valence electrons. The van der Waals surface area contributed by atoms with E-state index in [1.807, 2.05) is 18.7 Å². The second-order valence-corrected chi connectivity index (χ2v) is 4.09. The van der Waals surface area contributed by atoms with Crippen LogP contribution in [0.1, 0.15) is 30.0 Å². The van der Waals surface area contributed by atoms with Crippen molar-refractivity contribution in [2.75, 3.05) is 25.2 Å². The lowest BCUT2D eigenvalue weighted by atomic mass is 10.3. The van der Waals surface area contributed by atoms with Crippen LogP contribution in [-0.4, -0.2) is 47.3 Å². The maximum Gasteiger partial charge on any atom is 0.354 e. The van der Waals surface area contributed by atoms with Crippen molar-refractivity contribution in [3.63, 3.8) is 0 Å². The number of rotatable bonds is 6. The number of nitrogens with zero attached hydrogens (tertiary/aromatic N) is 3. The van der Waals surface area contributed by atoms with Gasteiger partial charge in [-0.05, 0) is 26.8 Å². The second-order valence-electron chi connectivity index (χ2n) is 4.09. The highest BCUT2D eigenvalue weighted by Gasteiger charge is 2.18. The van der Waals surface area contributed by atoms with Gasteiger partial charge in [-0.1, -0.05) is 0 Å². The van der Waals surface area contributed by atoms with Gasteiger partial charge in [-0.15, -0.1) is 0 Å². The summed E-state index contributed by atoms with van der Waals surface area (Å²) in [7, 11) is 1.63. The number of hydrogen-bond donors (Lipinski definition) is 1. The Hall–Kier alpha value is -1.69. The second kappa shape index (κ2) is 6.30. The minimum absolute atomic E-state index is 0.0144. The third-order valence-corrected chi connectivity index (χ3v) is 2.60. The summed E-state index contributed by atoms with van der Waals surface area (Å²) in [5.74, 6) is -0.614. The number of anilines is 1. The number of methoxy groups -OCH3 is 1. The lowest BCUT2D eigenvalue weighted by Crippen LogP contribution is -2.37. The summed E-state index contributed by atoms with van der Waals surface area (Å²) in [6, 6.07) is 1.55. The molecule has 0 aromatic carbocycles. The Morgan fingerprint density at radius 3 is 2.72 bits per heavy atom. The van der Waals surface area contributed by atoms with E-state index in [9.17, 15) is 4.79 Å². The first kappa shape index (κ1) is 14.4. The van der Waals surface area contributed by atoms with Gasteiger partial charge in [0.1, 0.15) is 0 Å². The van der Waals surface area contributed by atoms with Gasteiger partial charge in [0.05, 0.1) is 12.6 Å². The minimum atomic E-state index is -1.04. The molecule has 0 radical (unpaired) electrons. The Balaban J connectivity index is 3.09. The summed E-state index contributed by atoms with van der Waals surface area (Å²) in [5, 5.41) is 9.00. The number of likely N-dealkylation sites (N-methyl/N-ethyl adjacent to an activating group) is 1.